The Balaban J connectivity index is 1.61. The lowest BCUT2D eigenvalue weighted by Gasteiger charge is -2.18. The molecule has 1 N–H and O–H groups in total. The summed E-state index contributed by atoms with van der Waals surface area (Å²) in [6.07, 6.45) is 4.71. The number of benzene rings is 1. The number of likely N-dealkylation sites (tertiary alicyclic amines) is 1. The molecule has 1 aliphatic rings. The molecule has 0 spiro atoms. The van der Waals surface area contributed by atoms with Gasteiger partial charge >= 0.3 is 0 Å². The van der Waals surface area contributed by atoms with Crippen LogP contribution in [0, 0.1) is 6.92 Å². The van der Waals surface area contributed by atoms with Gasteiger partial charge in [-0.1, -0.05) is 6.07 Å². The van der Waals surface area contributed by atoms with Crippen LogP contribution in [0.5, 0.6) is 5.75 Å². The van der Waals surface area contributed by atoms with Crippen molar-refractivity contribution >= 4 is 0 Å². The topological polar surface area (TPSA) is 42.3 Å². The Morgan fingerprint density at radius 2 is 1.96 bits per heavy atom. The third-order valence-corrected chi connectivity index (χ3v) is 4.70. The minimum absolute atomic E-state index is 0.840. The van der Waals surface area contributed by atoms with Crippen molar-refractivity contribution in [2.24, 2.45) is 7.05 Å². The molecular formula is C19H28N4O. The van der Waals surface area contributed by atoms with Crippen LogP contribution < -0.4 is 10.1 Å². The third kappa shape index (κ3) is 4.16. The second kappa shape index (κ2) is 7.81. The predicted octanol–water partition coefficient (Wildman–Crippen LogP) is 2.62. The molecule has 0 radical (unpaired) electrons. The molecule has 0 unspecified atom stereocenters. The van der Waals surface area contributed by atoms with Crippen molar-refractivity contribution in [3.63, 3.8) is 0 Å². The van der Waals surface area contributed by atoms with Gasteiger partial charge in [0, 0.05) is 44.0 Å². The van der Waals surface area contributed by atoms with E-state index in [1.807, 2.05) is 11.7 Å². The normalized spacial score (nSPS) is 15.1. The van der Waals surface area contributed by atoms with E-state index in [1.165, 1.54) is 42.6 Å². The van der Waals surface area contributed by atoms with Crippen molar-refractivity contribution in [1.82, 2.24) is 20.0 Å². The van der Waals surface area contributed by atoms with Gasteiger partial charge in [0.15, 0.2) is 0 Å². The second-order valence-corrected chi connectivity index (χ2v) is 6.65. The lowest BCUT2D eigenvalue weighted by atomic mass is 10.1. The summed E-state index contributed by atoms with van der Waals surface area (Å²) < 4.78 is 7.41. The molecule has 1 aromatic carbocycles. The molecule has 3 rings (SSSR count). The highest BCUT2D eigenvalue weighted by atomic mass is 16.5. The fraction of sp³-hybridized carbons (Fsp3) is 0.526. The highest BCUT2D eigenvalue weighted by Crippen LogP contribution is 2.23. The molecule has 1 fully saturated rings. The Morgan fingerprint density at radius 1 is 1.17 bits per heavy atom. The van der Waals surface area contributed by atoms with E-state index >= 15 is 0 Å². The number of nitrogens with zero attached hydrogens (tertiary/aromatic N) is 3. The van der Waals surface area contributed by atoms with Crippen LogP contribution in [0.4, 0.5) is 0 Å². The molecule has 1 aromatic heterocycles. The first-order valence-electron chi connectivity index (χ1n) is 8.73. The maximum atomic E-state index is 5.54. The van der Waals surface area contributed by atoms with Gasteiger partial charge in [0.25, 0.3) is 0 Å². The smallest absolute Gasteiger partial charge is 0.123 e. The van der Waals surface area contributed by atoms with Gasteiger partial charge in [0.05, 0.1) is 12.8 Å². The zero-order chi connectivity index (χ0) is 16.9. The van der Waals surface area contributed by atoms with Gasteiger partial charge in [-0.15, -0.1) is 0 Å². The zero-order valence-corrected chi connectivity index (χ0v) is 15.0. The van der Waals surface area contributed by atoms with Gasteiger partial charge in [0.2, 0.25) is 0 Å². The van der Waals surface area contributed by atoms with Gasteiger partial charge < -0.3 is 10.1 Å². The second-order valence-electron chi connectivity index (χ2n) is 6.65. The fourth-order valence-electron chi connectivity index (χ4n) is 3.41. The molecule has 5 heteroatoms. The number of aryl methyl sites for hydroxylation is 2. The Labute approximate surface area is 144 Å². The highest BCUT2D eigenvalue weighted by molar-refractivity contribution is 5.37. The van der Waals surface area contributed by atoms with Crippen LogP contribution >= 0.6 is 0 Å². The summed E-state index contributed by atoms with van der Waals surface area (Å²) in [7, 11) is 3.72. The lowest BCUT2D eigenvalue weighted by Crippen LogP contribution is -2.19. The molecule has 5 nitrogen and oxygen atoms in total. The summed E-state index contributed by atoms with van der Waals surface area (Å²) in [6.45, 7) is 7.13. The number of hydrogen-bond donors (Lipinski definition) is 1. The van der Waals surface area contributed by atoms with E-state index in [-0.39, 0.29) is 0 Å². The Kier molecular flexibility index (Phi) is 5.53. The Bertz CT molecular complexity index is 674. The SMILES string of the molecule is COc1ccc(CNCc2cn(C)nc2C)cc1CN1CCCC1. The monoisotopic (exact) mass is 328 g/mol. The minimum atomic E-state index is 0.840. The molecule has 2 aromatic rings. The first kappa shape index (κ1) is 17.0. The minimum Gasteiger partial charge on any atom is -0.496 e. The molecule has 1 saturated heterocycles. The van der Waals surface area contributed by atoms with Crippen LogP contribution in [0.1, 0.15) is 35.2 Å². The summed E-state index contributed by atoms with van der Waals surface area (Å²) in [6, 6.07) is 6.52. The van der Waals surface area contributed by atoms with E-state index in [1.54, 1.807) is 7.11 Å². The maximum Gasteiger partial charge on any atom is 0.123 e. The van der Waals surface area contributed by atoms with E-state index in [2.05, 4.69) is 46.6 Å². The molecule has 0 atom stereocenters. The molecule has 130 valence electrons. The number of hydrogen-bond acceptors (Lipinski definition) is 4. The molecule has 0 aliphatic carbocycles. The van der Waals surface area contributed by atoms with Crippen LogP contribution in [0.3, 0.4) is 0 Å². The van der Waals surface area contributed by atoms with Crippen LogP contribution in [0.25, 0.3) is 0 Å². The molecule has 1 aliphatic heterocycles. The van der Waals surface area contributed by atoms with E-state index in [0.29, 0.717) is 0 Å². The molecule has 0 amide bonds. The fourth-order valence-corrected chi connectivity index (χ4v) is 3.41. The Hall–Kier alpha value is -1.85. The molecular weight excluding hydrogens is 300 g/mol. The van der Waals surface area contributed by atoms with Crippen LogP contribution in [0.2, 0.25) is 0 Å². The number of rotatable bonds is 7. The summed E-state index contributed by atoms with van der Waals surface area (Å²) in [5, 5.41) is 7.91. The summed E-state index contributed by atoms with van der Waals surface area (Å²) in [4.78, 5) is 2.51. The molecule has 0 bridgehead atoms. The average Bonchev–Trinajstić information content (AvgIpc) is 3.17. The van der Waals surface area contributed by atoms with Gasteiger partial charge in [-0.05, 0) is 50.6 Å². The predicted molar refractivity (Wildman–Crippen MR) is 96.0 cm³/mol. The van der Waals surface area contributed by atoms with Gasteiger partial charge in [-0.25, -0.2) is 0 Å². The van der Waals surface area contributed by atoms with Crippen molar-refractivity contribution in [3.05, 3.63) is 46.8 Å². The average molecular weight is 328 g/mol. The van der Waals surface area contributed by atoms with Crippen LogP contribution in [-0.2, 0) is 26.7 Å². The largest absolute Gasteiger partial charge is 0.496 e. The van der Waals surface area contributed by atoms with E-state index in [0.717, 1.165) is 31.1 Å². The number of ether oxygens (including phenoxy) is 1. The van der Waals surface area contributed by atoms with E-state index < -0.39 is 0 Å². The summed E-state index contributed by atoms with van der Waals surface area (Å²) >= 11 is 0. The van der Waals surface area contributed by atoms with Crippen molar-refractivity contribution in [1.29, 1.82) is 0 Å². The quantitative estimate of drug-likeness (QED) is 0.848. The van der Waals surface area contributed by atoms with Crippen LogP contribution in [-0.4, -0.2) is 34.9 Å². The highest BCUT2D eigenvalue weighted by Gasteiger charge is 2.14. The Morgan fingerprint density at radius 3 is 2.62 bits per heavy atom. The third-order valence-electron chi connectivity index (χ3n) is 4.70. The molecule has 2 heterocycles. The zero-order valence-electron chi connectivity index (χ0n) is 15.0. The number of aromatic nitrogens is 2. The lowest BCUT2D eigenvalue weighted by molar-refractivity contribution is 0.320. The number of methoxy groups -OCH3 is 1. The number of nitrogens with one attached hydrogen (secondary N) is 1. The van der Waals surface area contributed by atoms with E-state index in [4.69, 9.17) is 4.74 Å². The van der Waals surface area contributed by atoms with Crippen molar-refractivity contribution in [3.8, 4) is 5.75 Å². The summed E-state index contributed by atoms with van der Waals surface area (Å²) in [5.74, 6) is 0.994. The molecule has 24 heavy (non-hydrogen) atoms. The van der Waals surface area contributed by atoms with Gasteiger partial charge in [-0.3, -0.25) is 9.58 Å². The molecule has 0 saturated carbocycles. The van der Waals surface area contributed by atoms with Crippen LogP contribution in [0.15, 0.2) is 24.4 Å². The maximum absolute atomic E-state index is 5.54. The van der Waals surface area contributed by atoms with Crippen molar-refractivity contribution in [2.75, 3.05) is 20.2 Å². The standard InChI is InChI=1S/C19H28N4O/c1-15-18(13-22(2)21-15)12-20-11-16-6-7-19(24-3)17(10-16)14-23-8-4-5-9-23/h6-7,10,13,20H,4-5,8-9,11-12,14H2,1-3H3. The summed E-state index contributed by atoms with van der Waals surface area (Å²) in [5.41, 5.74) is 4.93. The van der Waals surface area contributed by atoms with Crippen molar-refractivity contribution in [2.45, 2.75) is 39.4 Å². The van der Waals surface area contributed by atoms with E-state index in [9.17, 15) is 0 Å². The van der Waals surface area contributed by atoms with Gasteiger partial charge in [0.1, 0.15) is 5.75 Å². The van der Waals surface area contributed by atoms with Gasteiger partial charge in [-0.2, -0.15) is 5.10 Å². The van der Waals surface area contributed by atoms with Crippen molar-refractivity contribution < 1.29 is 4.74 Å². The first-order valence-corrected chi connectivity index (χ1v) is 8.73. The first-order chi connectivity index (χ1) is 11.7.